The van der Waals surface area contributed by atoms with Gasteiger partial charge in [-0.25, -0.2) is 48.1 Å². The lowest BCUT2D eigenvalue weighted by molar-refractivity contribution is 0.103. The number of allylic oxidation sites excluding steroid dienone is 4. The van der Waals surface area contributed by atoms with Gasteiger partial charge in [0.1, 0.15) is 80.8 Å². The number of hydrogen-bond acceptors (Lipinski definition) is 17. The maximum atomic E-state index is 14.6. The Morgan fingerprint density at radius 2 is 0.990 bits per heavy atom. The van der Waals surface area contributed by atoms with Crippen LogP contribution in [0.15, 0.2) is 231 Å². The molecule has 500 valence electrons. The number of halogens is 3. The number of nitrogens with zero attached hydrogens (tertiary/aromatic N) is 10. The fraction of sp³-hybridized carbons (Fsp3) is 0.147. The van der Waals surface area contributed by atoms with Crippen molar-refractivity contribution < 1.29 is 22.8 Å². The van der Waals surface area contributed by atoms with Gasteiger partial charge in [0.05, 0.1) is 69.2 Å². The number of anilines is 2. The second-order valence-electron chi connectivity index (χ2n) is 23.0. The number of aromatic amines is 2. The second-order valence-corrected chi connectivity index (χ2v) is 23.0. The maximum absolute atomic E-state index is 14.6. The van der Waals surface area contributed by atoms with Gasteiger partial charge in [0.2, 0.25) is 0 Å². The van der Waals surface area contributed by atoms with Crippen LogP contribution in [0, 0.1) is 17.5 Å². The topological polar surface area (TPSA) is 306 Å². The van der Waals surface area contributed by atoms with Crippen molar-refractivity contribution in [2.75, 3.05) is 10.6 Å². The zero-order valence-corrected chi connectivity index (χ0v) is 53.9. The van der Waals surface area contributed by atoms with Crippen LogP contribution in [-0.2, 0) is 12.8 Å². The average molecular weight is 1340 g/mol. The highest BCUT2D eigenvalue weighted by Crippen LogP contribution is 2.31. The van der Waals surface area contributed by atoms with Crippen molar-refractivity contribution in [3.05, 3.63) is 316 Å². The van der Waals surface area contributed by atoms with Crippen molar-refractivity contribution in [2.24, 2.45) is 5.73 Å². The molecule has 25 heteroatoms. The van der Waals surface area contributed by atoms with E-state index in [2.05, 4.69) is 55.5 Å². The predicted octanol–water partition coefficient (Wildman–Crippen LogP) is 11.5. The molecule has 22 nitrogen and oxygen atoms in total. The van der Waals surface area contributed by atoms with E-state index in [1.54, 1.807) is 72.8 Å². The zero-order valence-electron chi connectivity index (χ0n) is 53.9. The van der Waals surface area contributed by atoms with Crippen molar-refractivity contribution in [3.8, 4) is 17.1 Å². The van der Waals surface area contributed by atoms with Crippen LogP contribution in [0.3, 0.4) is 0 Å². The molecule has 7 heterocycles. The van der Waals surface area contributed by atoms with Gasteiger partial charge in [0, 0.05) is 36.5 Å². The number of carbonyl (C=O) groups is 2. The van der Waals surface area contributed by atoms with Crippen LogP contribution in [-0.4, -0.2) is 70.1 Å². The van der Waals surface area contributed by atoms with Crippen molar-refractivity contribution in [1.82, 2.24) is 58.6 Å². The molecule has 6 N–H and O–H groups in total. The summed E-state index contributed by atoms with van der Waals surface area (Å²) in [5, 5.41) is 7.39. The molecule has 100 heavy (non-hydrogen) atoms. The summed E-state index contributed by atoms with van der Waals surface area (Å²) >= 11 is 0. The lowest BCUT2D eigenvalue weighted by Crippen LogP contribution is -2.29. The minimum atomic E-state index is -0.629. The second kappa shape index (κ2) is 29.7. The molecule has 0 amide bonds. The van der Waals surface area contributed by atoms with Gasteiger partial charge in [0.25, 0.3) is 22.2 Å². The summed E-state index contributed by atoms with van der Waals surface area (Å²) < 4.78 is 47.7. The van der Waals surface area contributed by atoms with E-state index in [0.29, 0.717) is 117 Å². The molecule has 3 atom stereocenters. The number of para-hydroxylation sites is 3. The number of pyridine rings is 2. The number of nitrogens with two attached hydrogens (primary N) is 1. The number of aromatic nitrogens is 12. The third-order valence-corrected chi connectivity index (χ3v) is 16.8. The summed E-state index contributed by atoms with van der Waals surface area (Å²) in [7, 11) is 0. The Bertz CT molecular complexity index is 5670. The molecule has 6 aromatic carbocycles. The molecule has 15 rings (SSSR count). The van der Waals surface area contributed by atoms with Gasteiger partial charge < -0.3 is 26.3 Å². The fourth-order valence-electron chi connectivity index (χ4n) is 11.9. The van der Waals surface area contributed by atoms with Gasteiger partial charge >= 0.3 is 0 Å². The Morgan fingerprint density at radius 1 is 0.490 bits per heavy atom. The van der Waals surface area contributed by atoms with E-state index in [4.69, 9.17) is 5.73 Å². The standard InChI is InChI=1S/C26H21FN4O2.C24H19FN6O2.C17H16FN3O.C8H6N2O2/c1-2-19(30-25-24-20(28-15-29-25)12-7-13-22(24)32)21-14-16-8-6-11-18(27)23(16)26(33)31(21)17-9-4-3-5-10-17;1-2-16(29-22-20-18(32)11-12-26-21(20)27-13-28-22)23-30-17-10-6-9-15(25)19(17)24(33)31(23)14-7-4-3-5-8-14;1-2-13(19)16-20-14-10-6-9-12(18)15(14)17(22)21(16)11-7-4-3-5-8-11;11-6-3-1-2-5-7(6)8(12)10-4-9-5/h3-11,13-15,19H,2,12H2,1H3,(H,28,29,30);3-13,16H,2H2,1H3,(H2,26,27,28,29,32);3-10,13H,2,19H2,1H3;1,3-4H,2H2,(H,9,10,12)/t19-;16-;13-;/m000./s1. The van der Waals surface area contributed by atoms with E-state index in [1.165, 1.54) is 87.4 Å². The van der Waals surface area contributed by atoms with Crippen LogP contribution in [0.5, 0.6) is 0 Å². The highest BCUT2D eigenvalue weighted by Gasteiger charge is 2.27. The summed E-state index contributed by atoms with van der Waals surface area (Å²) in [5.41, 5.74) is 9.44. The van der Waals surface area contributed by atoms with Crippen LogP contribution < -0.4 is 44.0 Å². The van der Waals surface area contributed by atoms with Gasteiger partial charge in [0.15, 0.2) is 17.0 Å². The quantitative estimate of drug-likeness (QED) is 0.0716. The third-order valence-electron chi connectivity index (χ3n) is 16.8. The maximum Gasteiger partial charge on any atom is 0.269 e. The number of nitrogens with one attached hydrogen (secondary N) is 4. The minimum absolute atomic E-state index is 0.0154. The van der Waals surface area contributed by atoms with Crippen LogP contribution in [0.2, 0.25) is 0 Å². The molecule has 0 spiro atoms. The molecule has 0 fully saturated rings. The van der Waals surface area contributed by atoms with E-state index in [-0.39, 0.29) is 55.8 Å². The van der Waals surface area contributed by atoms with Gasteiger partial charge in [-0.05, 0) is 110 Å². The molecular formula is C75H62F3N15O7. The van der Waals surface area contributed by atoms with E-state index in [0.717, 1.165) is 0 Å². The van der Waals surface area contributed by atoms with Crippen molar-refractivity contribution >= 4 is 66.8 Å². The van der Waals surface area contributed by atoms with E-state index in [9.17, 15) is 46.7 Å². The van der Waals surface area contributed by atoms with E-state index < -0.39 is 46.2 Å². The fourth-order valence-corrected chi connectivity index (χ4v) is 11.9. The molecule has 13 aromatic rings. The third kappa shape index (κ3) is 13.6. The summed E-state index contributed by atoms with van der Waals surface area (Å²) in [6.07, 6.45) is 14.9. The molecule has 0 saturated heterocycles. The van der Waals surface area contributed by atoms with Gasteiger partial charge in [-0.15, -0.1) is 0 Å². The van der Waals surface area contributed by atoms with Crippen molar-refractivity contribution in [3.63, 3.8) is 0 Å². The molecule has 0 radical (unpaired) electrons. The number of rotatable bonds is 13. The summed E-state index contributed by atoms with van der Waals surface area (Å²) in [5.74, 6) is -0.609. The normalized spacial score (nSPS) is 13.0. The summed E-state index contributed by atoms with van der Waals surface area (Å²) in [6.45, 7) is 5.81. The van der Waals surface area contributed by atoms with Crippen molar-refractivity contribution in [2.45, 2.75) is 71.0 Å². The minimum Gasteiger partial charge on any atom is -0.361 e. The molecule has 0 aliphatic heterocycles. The first-order valence-corrected chi connectivity index (χ1v) is 31.9. The Labute approximate surface area is 566 Å². The Balaban J connectivity index is 0.000000133. The highest BCUT2D eigenvalue weighted by molar-refractivity contribution is 6.09. The molecule has 0 unspecified atom stereocenters. The molecule has 0 saturated carbocycles. The largest absolute Gasteiger partial charge is 0.361 e. The first-order valence-electron chi connectivity index (χ1n) is 31.9. The molecule has 7 aromatic heterocycles. The molecule has 0 bridgehead atoms. The summed E-state index contributed by atoms with van der Waals surface area (Å²) in [6, 6.07) is 42.5. The Kier molecular flexibility index (Phi) is 20.0. The average Bonchev–Trinajstić information content (AvgIpc) is 0.767. The highest BCUT2D eigenvalue weighted by atomic mass is 19.1. The zero-order chi connectivity index (χ0) is 70.1. The smallest absolute Gasteiger partial charge is 0.269 e. The number of carbonyl (C=O) groups excluding carboxylic acids is 2. The van der Waals surface area contributed by atoms with Crippen LogP contribution in [0.1, 0.15) is 108 Å². The summed E-state index contributed by atoms with van der Waals surface area (Å²) in [4.78, 5) is 122. The van der Waals surface area contributed by atoms with Gasteiger partial charge in [-0.1, -0.05) is 112 Å². The number of fused-ring (bicyclic) bond motifs is 6. The lowest BCUT2D eigenvalue weighted by atomic mass is 10.00. The monoisotopic (exact) mass is 1340 g/mol. The van der Waals surface area contributed by atoms with Gasteiger partial charge in [-0.2, -0.15) is 0 Å². The van der Waals surface area contributed by atoms with Crippen LogP contribution >= 0.6 is 0 Å². The van der Waals surface area contributed by atoms with Gasteiger partial charge in [-0.3, -0.25) is 47.3 Å². The number of hydrogen-bond donors (Lipinski definition) is 5. The first kappa shape index (κ1) is 67.2. The molecular weight excluding hydrogens is 1280 g/mol. The number of benzene rings is 6. The predicted molar refractivity (Wildman–Crippen MR) is 376 cm³/mol. The van der Waals surface area contributed by atoms with Crippen molar-refractivity contribution in [1.29, 1.82) is 0 Å². The lowest BCUT2D eigenvalue weighted by Gasteiger charge is -2.25. The molecule has 2 aliphatic rings. The Hall–Kier alpha value is -12.8. The van der Waals surface area contributed by atoms with E-state index in [1.807, 2.05) is 81.4 Å². The number of H-pyrrole nitrogens is 2. The van der Waals surface area contributed by atoms with Crippen LogP contribution in [0.4, 0.5) is 24.8 Å². The first-order chi connectivity index (χ1) is 48.6. The van der Waals surface area contributed by atoms with Crippen LogP contribution in [0.25, 0.3) is 60.7 Å². The van der Waals surface area contributed by atoms with E-state index >= 15 is 0 Å². The number of ketones is 2. The SMILES string of the molecule is CC[C@H](N)c1nc2cccc(F)c2c(=O)n1-c1ccccc1.CC[C@H](Nc1ncnc2[nH]ccc(=O)c12)c1nc2cccc(F)c2c(=O)n1-c1ccccc1.CC[C@H](Nc1ncnc2c1C(=O)C=CC2)c1cc2cccc(F)c2c(=O)n1-c1ccccc1.O=C1C=CCc2nc[nH]c(=O)c21. The molecule has 2 aliphatic carbocycles. The Morgan fingerprint density at radius 3 is 1.57 bits per heavy atom.